The van der Waals surface area contributed by atoms with Crippen molar-refractivity contribution in [2.24, 2.45) is 0 Å². The molecule has 3 heteroatoms. The summed E-state index contributed by atoms with van der Waals surface area (Å²) >= 11 is 0. The van der Waals surface area contributed by atoms with Gasteiger partial charge in [-0.25, -0.2) is 4.98 Å². The topological polar surface area (TPSA) is 28.7 Å². The first-order valence-electron chi connectivity index (χ1n) is 3.09. The summed E-state index contributed by atoms with van der Waals surface area (Å²) in [7, 11) is -0.231. The third-order valence-electron chi connectivity index (χ3n) is 1.33. The lowest BCUT2D eigenvalue weighted by atomic mass is 10.6. The van der Waals surface area contributed by atoms with Crippen molar-refractivity contribution in [1.29, 1.82) is 0 Å². The Morgan fingerprint density at radius 2 is 2.10 bits per heavy atom. The molecule has 0 aliphatic carbocycles. The Balaban J connectivity index is 2.29. The number of nitrogens with one attached hydrogen (secondary N) is 1. The van der Waals surface area contributed by atoms with E-state index in [1.165, 1.54) is 0 Å². The number of rotatable bonds is 1. The Bertz CT molecular complexity index is 249. The van der Waals surface area contributed by atoms with Crippen molar-refractivity contribution in [1.82, 2.24) is 9.97 Å². The van der Waals surface area contributed by atoms with Crippen LogP contribution in [-0.2, 0) is 0 Å². The molecule has 52 valence electrons. The molecule has 1 aliphatic rings. The van der Waals surface area contributed by atoms with Gasteiger partial charge in [-0.15, -0.1) is 0 Å². The number of hydrogen-bond donors (Lipinski definition) is 2. The second kappa shape index (κ2) is 2.34. The number of H-pyrrole nitrogens is 1. The predicted octanol–water partition coefficient (Wildman–Crippen LogP) is 1.81. The molecule has 1 aliphatic heterocycles. The molecule has 0 aromatic carbocycles. The van der Waals surface area contributed by atoms with Crippen LogP contribution in [0, 0.1) is 0 Å². The number of nitrogens with zero attached hydrogens (tertiary/aromatic N) is 1. The Hall–Kier alpha value is -0.960. The summed E-state index contributed by atoms with van der Waals surface area (Å²) < 4.78 is 0. The van der Waals surface area contributed by atoms with E-state index in [1.807, 2.05) is 6.20 Å². The van der Waals surface area contributed by atoms with Gasteiger partial charge in [-0.2, -0.15) is 10.9 Å². The van der Waals surface area contributed by atoms with Crippen LogP contribution in [-0.4, -0.2) is 9.97 Å². The lowest BCUT2D eigenvalue weighted by Gasteiger charge is -2.03. The Kier molecular flexibility index (Phi) is 1.36. The van der Waals surface area contributed by atoms with E-state index in [1.54, 1.807) is 6.20 Å². The third-order valence-corrected chi connectivity index (χ3v) is 3.05. The van der Waals surface area contributed by atoms with Gasteiger partial charge in [0.2, 0.25) is 0 Å². The van der Waals surface area contributed by atoms with Crippen LogP contribution >= 0.6 is 10.9 Å². The molecule has 10 heavy (non-hydrogen) atoms. The zero-order valence-corrected chi connectivity index (χ0v) is 6.25. The maximum absolute atomic E-state index is 4.17. The van der Waals surface area contributed by atoms with E-state index in [4.69, 9.17) is 0 Å². The highest BCUT2D eigenvalue weighted by Crippen LogP contribution is 2.38. The van der Waals surface area contributed by atoms with Gasteiger partial charge in [0, 0.05) is 12.4 Å². The first-order valence-corrected chi connectivity index (χ1v) is 4.57. The molecule has 2 rings (SSSR count). The van der Waals surface area contributed by atoms with E-state index in [0.717, 1.165) is 5.16 Å². The van der Waals surface area contributed by atoms with Crippen LogP contribution in [0.4, 0.5) is 0 Å². The van der Waals surface area contributed by atoms with Crippen molar-refractivity contribution in [2.75, 3.05) is 0 Å². The summed E-state index contributed by atoms with van der Waals surface area (Å²) in [5.41, 5.74) is 0. The van der Waals surface area contributed by atoms with Crippen LogP contribution in [0.5, 0.6) is 0 Å². The number of imidazole rings is 1. The summed E-state index contributed by atoms with van der Waals surface area (Å²) in [5, 5.41) is 5.43. The monoisotopic (exact) mass is 152 g/mol. The fourth-order valence-electron chi connectivity index (χ4n) is 0.874. The van der Waals surface area contributed by atoms with Crippen molar-refractivity contribution in [3.05, 3.63) is 35.4 Å². The Labute approximate surface area is 62.0 Å². The molecular formula is C7H8N2S. The molecule has 1 aromatic rings. The van der Waals surface area contributed by atoms with Crippen LogP contribution in [0.25, 0.3) is 0 Å². The quantitative estimate of drug-likeness (QED) is 0.590. The summed E-state index contributed by atoms with van der Waals surface area (Å²) in [6, 6.07) is 0. The van der Waals surface area contributed by atoms with Crippen LogP contribution in [0.1, 0.15) is 0 Å². The van der Waals surface area contributed by atoms with Gasteiger partial charge in [0.25, 0.3) is 0 Å². The minimum Gasteiger partial charge on any atom is -0.341 e. The zero-order chi connectivity index (χ0) is 6.81. The summed E-state index contributed by atoms with van der Waals surface area (Å²) in [4.78, 5) is 7.26. The van der Waals surface area contributed by atoms with E-state index in [-0.39, 0.29) is 10.9 Å². The number of allylic oxidation sites excluding steroid dienone is 2. The Morgan fingerprint density at radius 3 is 2.70 bits per heavy atom. The lowest BCUT2D eigenvalue weighted by molar-refractivity contribution is 1.06. The van der Waals surface area contributed by atoms with Crippen molar-refractivity contribution in [2.45, 2.75) is 5.16 Å². The second-order valence-corrected chi connectivity index (χ2v) is 3.84. The number of aromatic nitrogens is 2. The maximum Gasteiger partial charge on any atom is 0.152 e. The molecule has 1 N–H and O–H groups in total. The summed E-state index contributed by atoms with van der Waals surface area (Å²) in [6.45, 7) is 0. The first-order chi connectivity index (χ1) is 4.97. The SMILES string of the molecule is C1=C[SH](c2ncc[nH]2)C=C1. The largest absolute Gasteiger partial charge is 0.341 e. The third kappa shape index (κ3) is 0.885. The summed E-state index contributed by atoms with van der Waals surface area (Å²) in [5.74, 6) is 0. The van der Waals surface area contributed by atoms with Gasteiger partial charge in [0.15, 0.2) is 5.16 Å². The van der Waals surface area contributed by atoms with Crippen molar-refractivity contribution in [3.63, 3.8) is 0 Å². The van der Waals surface area contributed by atoms with E-state index in [2.05, 4.69) is 32.9 Å². The molecule has 2 nitrogen and oxygen atoms in total. The molecule has 2 heterocycles. The van der Waals surface area contributed by atoms with Crippen LogP contribution < -0.4 is 0 Å². The van der Waals surface area contributed by atoms with Crippen molar-refractivity contribution < 1.29 is 0 Å². The van der Waals surface area contributed by atoms with Gasteiger partial charge in [-0.3, -0.25) is 0 Å². The fourth-order valence-corrected chi connectivity index (χ4v) is 2.25. The highest BCUT2D eigenvalue weighted by atomic mass is 32.2. The average molecular weight is 152 g/mol. The van der Waals surface area contributed by atoms with E-state index < -0.39 is 0 Å². The lowest BCUT2D eigenvalue weighted by Crippen LogP contribution is -1.75. The predicted molar refractivity (Wildman–Crippen MR) is 44.1 cm³/mol. The van der Waals surface area contributed by atoms with Gasteiger partial charge >= 0.3 is 0 Å². The first kappa shape index (κ1) is 5.80. The normalized spacial score (nSPS) is 18.6. The fraction of sp³-hybridized carbons (Fsp3) is 0. The zero-order valence-electron chi connectivity index (χ0n) is 5.36. The molecule has 0 atom stereocenters. The van der Waals surface area contributed by atoms with Gasteiger partial charge < -0.3 is 4.98 Å². The standard InChI is InChI=1S/C7H8N2S/c1-2-6-10(5-1)7-8-3-4-9-7/h1-6,10H,(H,8,9). The molecule has 0 spiro atoms. The smallest absolute Gasteiger partial charge is 0.152 e. The molecule has 0 bridgehead atoms. The van der Waals surface area contributed by atoms with Gasteiger partial charge in [-0.1, -0.05) is 12.2 Å². The number of aromatic amines is 1. The van der Waals surface area contributed by atoms with E-state index in [9.17, 15) is 0 Å². The van der Waals surface area contributed by atoms with Gasteiger partial charge in [0.1, 0.15) is 0 Å². The minimum atomic E-state index is -0.231. The van der Waals surface area contributed by atoms with Gasteiger partial charge in [0.05, 0.1) is 0 Å². The van der Waals surface area contributed by atoms with Crippen LogP contribution in [0.3, 0.4) is 0 Å². The van der Waals surface area contributed by atoms with Gasteiger partial charge in [-0.05, 0) is 10.8 Å². The molecule has 1 aromatic heterocycles. The second-order valence-electron chi connectivity index (χ2n) is 2.00. The molecule has 0 saturated heterocycles. The number of hydrogen-bond acceptors (Lipinski definition) is 1. The molecule has 0 saturated carbocycles. The molecule has 0 amide bonds. The highest BCUT2D eigenvalue weighted by Gasteiger charge is 2.02. The average Bonchev–Trinajstić information content (AvgIpc) is 2.59. The van der Waals surface area contributed by atoms with Crippen molar-refractivity contribution in [3.8, 4) is 0 Å². The van der Waals surface area contributed by atoms with Crippen molar-refractivity contribution >= 4 is 10.9 Å². The maximum atomic E-state index is 4.17. The van der Waals surface area contributed by atoms with Crippen LogP contribution in [0.2, 0.25) is 0 Å². The molecular weight excluding hydrogens is 144 g/mol. The van der Waals surface area contributed by atoms with E-state index >= 15 is 0 Å². The molecule has 0 fully saturated rings. The minimum absolute atomic E-state index is 0.231. The summed E-state index contributed by atoms with van der Waals surface area (Å²) in [6.07, 6.45) is 7.78. The Morgan fingerprint density at radius 1 is 1.30 bits per heavy atom. The van der Waals surface area contributed by atoms with Crippen LogP contribution in [0.15, 0.2) is 40.5 Å². The molecule has 0 radical (unpaired) electrons. The number of thiol groups is 1. The molecule has 0 unspecified atom stereocenters. The highest BCUT2D eigenvalue weighted by molar-refractivity contribution is 8.22. The van der Waals surface area contributed by atoms with E-state index in [0.29, 0.717) is 0 Å².